The lowest BCUT2D eigenvalue weighted by molar-refractivity contribution is 0.554. The predicted octanol–water partition coefficient (Wildman–Crippen LogP) is 3.01. The third-order valence-electron chi connectivity index (χ3n) is 3.61. The molecule has 4 heteroatoms. The van der Waals surface area contributed by atoms with Crippen LogP contribution in [-0.2, 0) is 11.8 Å². The molecule has 0 saturated heterocycles. The smallest absolute Gasteiger partial charge is 0.133 e. The van der Waals surface area contributed by atoms with Crippen LogP contribution in [0.3, 0.4) is 0 Å². The van der Waals surface area contributed by atoms with Gasteiger partial charge in [0.05, 0.1) is 16.9 Å². The molecule has 4 nitrogen and oxygen atoms in total. The average molecular weight is 266 g/mol. The molecule has 0 fully saturated rings. The van der Waals surface area contributed by atoms with Gasteiger partial charge in [-0.05, 0) is 18.6 Å². The Labute approximate surface area is 119 Å². The number of anilines is 1. The van der Waals surface area contributed by atoms with Gasteiger partial charge in [-0.1, -0.05) is 32.9 Å². The minimum absolute atomic E-state index is 0.00292. The Hall–Kier alpha value is -2.28. The zero-order valence-electron chi connectivity index (χ0n) is 12.1. The third kappa shape index (κ3) is 1.87. The highest BCUT2D eigenvalue weighted by Gasteiger charge is 2.30. The standard InChI is InChI=1S/C16H18N4/c1-16(2,3)14-12-8-9-18-15(12)20(19-14)13-7-5-4-6-11(13)10-17/h4-7,18H,8-9H2,1-3H3. The Morgan fingerprint density at radius 2 is 2.05 bits per heavy atom. The molecule has 0 atom stereocenters. The zero-order chi connectivity index (χ0) is 14.3. The molecule has 3 rings (SSSR count). The topological polar surface area (TPSA) is 53.6 Å². The van der Waals surface area contributed by atoms with E-state index in [4.69, 9.17) is 5.10 Å². The summed E-state index contributed by atoms with van der Waals surface area (Å²) in [6.45, 7) is 7.46. The molecule has 20 heavy (non-hydrogen) atoms. The van der Waals surface area contributed by atoms with Gasteiger partial charge in [0.1, 0.15) is 11.9 Å². The van der Waals surface area contributed by atoms with Crippen molar-refractivity contribution in [1.82, 2.24) is 9.78 Å². The van der Waals surface area contributed by atoms with Crippen LogP contribution in [0.15, 0.2) is 24.3 Å². The van der Waals surface area contributed by atoms with Gasteiger partial charge < -0.3 is 5.32 Å². The van der Waals surface area contributed by atoms with Crippen LogP contribution in [0, 0.1) is 11.3 Å². The van der Waals surface area contributed by atoms with Gasteiger partial charge in [0.25, 0.3) is 0 Å². The van der Waals surface area contributed by atoms with Crippen molar-refractivity contribution in [2.24, 2.45) is 0 Å². The number of aromatic nitrogens is 2. The Morgan fingerprint density at radius 1 is 1.30 bits per heavy atom. The molecule has 2 heterocycles. The number of rotatable bonds is 1. The quantitative estimate of drug-likeness (QED) is 0.863. The summed E-state index contributed by atoms with van der Waals surface area (Å²) in [4.78, 5) is 0. The highest BCUT2D eigenvalue weighted by Crippen LogP contribution is 2.35. The summed E-state index contributed by atoms with van der Waals surface area (Å²) in [6, 6.07) is 9.84. The molecule has 102 valence electrons. The molecule has 1 aliphatic heterocycles. The third-order valence-corrected chi connectivity index (χ3v) is 3.61. The van der Waals surface area contributed by atoms with Gasteiger partial charge >= 0.3 is 0 Å². The second-order valence-corrected chi connectivity index (χ2v) is 6.14. The highest BCUT2D eigenvalue weighted by atomic mass is 15.3. The summed E-state index contributed by atoms with van der Waals surface area (Å²) in [5, 5.41) is 17.5. The average Bonchev–Trinajstić information content (AvgIpc) is 2.98. The van der Waals surface area contributed by atoms with E-state index in [0.29, 0.717) is 5.56 Å². The van der Waals surface area contributed by atoms with Gasteiger partial charge in [-0.15, -0.1) is 0 Å². The first-order chi connectivity index (χ1) is 9.52. The highest BCUT2D eigenvalue weighted by molar-refractivity contribution is 5.61. The maximum absolute atomic E-state index is 9.28. The minimum atomic E-state index is 0.00292. The van der Waals surface area contributed by atoms with E-state index in [2.05, 4.69) is 32.2 Å². The molecule has 0 radical (unpaired) electrons. The summed E-state index contributed by atoms with van der Waals surface area (Å²) in [6.07, 6.45) is 0.997. The molecule has 1 aromatic carbocycles. The van der Waals surface area contributed by atoms with Crippen LogP contribution < -0.4 is 5.32 Å². The van der Waals surface area contributed by atoms with Crippen molar-refractivity contribution < 1.29 is 0 Å². The number of hydrogen-bond donors (Lipinski definition) is 1. The summed E-state index contributed by atoms with van der Waals surface area (Å²) in [7, 11) is 0. The lowest BCUT2D eigenvalue weighted by Gasteiger charge is -2.16. The van der Waals surface area contributed by atoms with Crippen molar-refractivity contribution in [3.8, 4) is 11.8 Å². The van der Waals surface area contributed by atoms with Crippen molar-refractivity contribution in [2.45, 2.75) is 32.6 Å². The Kier molecular flexibility index (Phi) is 2.79. The molecule has 0 amide bonds. The van der Waals surface area contributed by atoms with E-state index in [9.17, 15) is 5.26 Å². The zero-order valence-corrected chi connectivity index (χ0v) is 12.1. The molecule has 1 aliphatic rings. The van der Waals surface area contributed by atoms with Crippen LogP contribution in [0.4, 0.5) is 5.82 Å². The van der Waals surface area contributed by atoms with Crippen molar-refractivity contribution in [3.05, 3.63) is 41.1 Å². The van der Waals surface area contributed by atoms with Crippen molar-refractivity contribution in [3.63, 3.8) is 0 Å². The van der Waals surface area contributed by atoms with Gasteiger partial charge in [0.15, 0.2) is 0 Å². The lowest BCUT2D eigenvalue weighted by Crippen LogP contribution is -2.15. The molecule has 1 N–H and O–H groups in total. The predicted molar refractivity (Wildman–Crippen MR) is 79.2 cm³/mol. The Balaban J connectivity index is 2.24. The number of para-hydroxylation sites is 1. The van der Waals surface area contributed by atoms with Crippen molar-refractivity contribution in [2.75, 3.05) is 11.9 Å². The van der Waals surface area contributed by atoms with E-state index >= 15 is 0 Å². The second kappa shape index (κ2) is 4.38. The van der Waals surface area contributed by atoms with Crippen LogP contribution in [-0.4, -0.2) is 16.3 Å². The first-order valence-corrected chi connectivity index (χ1v) is 6.88. The summed E-state index contributed by atoms with van der Waals surface area (Å²) in [5.74, 6) is 1.04. The molecule has 1 aromatic heterocycles. The van der Waals surface area contributed by atoms with Gasteiger partial charge in [0, 0.05) is 17.5 Å². The minimum Gasteiger partial charge on any atom is -0.369 e. The monoisotopic (exact) mass is 266 g/mol. The fourth-order valence-corrected chi connectivity index (χ4v) is 2.70. The molecule has 0 unspecified atom stereocenters. The number of nitriles is 1. The summed E-state index contributed by atoms with van der Waals surface area (Å²) < 4.78 is 1.89. The molecule has 2 aromatic rings. The molecule has 0 saturated carbocycles. The van der Waals surface area contributed by atoms with Crippen LogP contribution >= 0.6 is 0 Å². The Morgan fingerprint density at radius 3 is 2.75 bits per heavy atom. The number of nitrogens with zero attached hydrogens (tertiary/aromatic N) is 3. The van der Waals surface area contributed by atoms with E-state index in [1.165, 1.54) is 5.56 Å². The van der Waals surface area contributed by atoms with Gasteiger partial charge in [-0.25, -0.2) is 4.68 Å². The molecule has 0 bridgehead atoms. The lowest BCUT2D eigenvalue weighted by atomic mass is 9.89. The maximum Gasteiger partial charge on any atom is 0.133 e. The Bertz CT molecular complexity index is 698. The number of benzene rings is 1. The summed E-state index contributed by atoms with van der Waals surface area (Å²) >= 11 is 0. The maximum atomic E-state index is 9.28. The largest absolute Gasteiger partial charge is 0.369 e. The molecule has 0 spiro atoms. The van der Waals surface area contributed by atoms with E-state index in [-0.39, 0.29) is 5.41 Å². The van der Waals surface area contributed by atoms with E-state index in [1.54, 1.807) is 0 Å². The molecular formula is C16H18N4. The van der Waals surface area contributed by atoms with Crippen LogP contribution in [0.2, 0.25) is 0 Å². The van der Waals surface area contributed by atoms with E-state index < -0.39 is 0 Å². The number of nitrogens with one attached hydrogen (secondary N) is 1. The number of fused-ring (bicyclic) bond motifs is 1. The van der Waals surface area contributed by atoms with E-state index in [0.717, 1.165) is 30.2 Å². The normalized spacial score (nSPS) is 13.7. The van der Waals surface area contributed by atoms with Gasteiger partial charge in [-0.2, -0.15) is 10.4 Å². The van der Waals surface area contributed by atoms with Crippen LogP contribution in [0.25, 0.3) is 5.69 Å². The molecular weight excluding hydrogens is 248 g/mol. The first kappa shape index (κ1) is 12.7. The molecule has 0 aliphatic carbocycles. The van der Waals surface area contributed by atoms with E-state index in [1.807, 2.05) is 28.9 Å². The fraction of sp³-hybridized carbons (Fsp3) is 0.375. The van der Waals surface area contributed by atoms with Crippen LogP contribution in [0.5, 0.6) is 0 Å². The summed E-state index contributed by atoms with van der Waals surface area (Å²) in [5.41, 5.74) is 3.89. The van der Waals surface area contributed by atoms with Gasteiger partial charge in [-0.3, -0.25) is 0 Å². The SMILES string of the molecule is CC(C)(C)c1nn(-c2ccccc2C#N)c2c1CCN2. The number of hydrogen-bond acceptors (Lipinski definition) is 3. The van der Waals surface area contributed by atoms with Crippen molar-refractivity contribution in [1.29, 1.82) is 5.26 Å². The van der Waals surface area contributed by atoms with Crippen LogP contribution in [0.1, 0.15) is 37.6 Å². The van der Waals surface area contributed by atoms with Gasteiger partial charge in [0.2, 0.25) is 0 Å². The second-order valence-electron chi connectivity index (χ2n) is 6.14. The first-order valence-electron chi connectivity index (χ1n) is 6.88. The fourth-order valence-electron chi connectivity index (χ4n) is 2.70. The van der Waals surface area contributed by atoms with Crippen molar-refractivity contribution >= 4 is 5.82 Å².